The van der Waals surface area contributed by atoms with E-state index in [9.17, 15) is 4.39 Å². The molecule has 1 heterocycles. The zero-order valence-electron chi connectivity index (χ0n) is 8.41. The fourth-order valence-electron chi connectivity index (χ4n) is 1.94. The van der Waals surface area contributed by atoms with Gasteiger partial charge in [-0.1, -0.05) is 0 Å². The maximum Gasteiger partial charge on any atom is 0.115 e. The van der Waals surface area contributed by atoms with Crippen molar-refractivity contribution in [1.29, 1.82) is 0 Å². The molecule has 2 unspecified atom stereocenters. The van der Waals surface area contributed by atoms with Gasteiger partial charge in [-0.05, 0) is 19.3 Å². The zero-order valence-corrected chi connectivity index (χ0v) is 8.41. The maximum atomic E-state index is 13.2. The summed E-state index contributed by atoms with van der Waals surface area (Å²) in [7, 11) is 1.95. The van der Waals surface area contributed by atoms with Crippen LogP contribution in [0.25, 0.3) is 0 Å². The van der Waals surface area contributed by atoms with Gasteiger partial charge >= 0.3 is 0 Å². The van der Waals surface area contributed by atoms with Crippen LogP contribution in [0.3, 0.4) is 0 Å². The van der Waals surface area contributed by atoms with Gasteiger partial charge in [-0.15, -0.1) is 0 Å². The molecular formula is C10H16FN3. The molecule has 4 heteroatoms. The predicted octanol–water partition coefficient (Wildman–Crippen LogP) is 1.40. The number of alkyl halides is 1. The van der Waals surface area contributed by atoms with Crippen molar-refractivity contribution in [2.24, 2.45) is 7.05 Å². The number of aryl methyl sites for hydroxylation is 1. The Kier molecular flexibility index (Phi) is 2.82. The molecule has 78 valence electrons. The molecule has 1 N–H and O–H groups in total. The number of hydrogen-bond donors (Lipinski definition) is 1. The summed E-state index contributed by atoms with van der Waals surface area (Å²) in [6.45, 7) is 0.710. The highest BCUT2D eigenvalue weighted by Gasteiger charge is 2.26. The number of imidazole rings is 1. The first-order valence-corrected chi connectivity index (χ1v) is 5.10. The van der Waals surface area contributed by atoms with E-state index in [1.807, 2.05) is 17.8 Å². The highest BCUT2D eigenvalue weighted by Crippen LogP contribution is 2.22. The van der Waals surface area contributed by atoms with Crippen LogP contribution in [0.5, 0.6) is 0 Å². The Bertz CT molecular complexity index is 297. The van der Waals surface area contributed by atoms with Crippen molar-refractivity contribution in [3.8, 4) is 0 Å². The van der Waals surface area contributed by atoms with Gasteiger partial charge in [-0.25, -0.2) is 9.37 Å². The first-order valence-electron chi connectivity index (χ1n) is 5.10. The van der Waals surface area contributed by atoms with Gasteiger partial charge in [0.25, 0.3) is 0 Å². The number of rotatable bonds is 3. The molecule has 0 spiro atoms. The summed E-state index contributed by atoms with van der Waals surface area (Å²) in [6.07, 6.45) is 5.59. The van der Waals surface area contributed by atoms with Gasteiger partial charge in [0.15, 0.2) is 0 Å². The van der Waals surface area contributed by atoms with Crippen LogP contribution in [0.4, 0.5) is 4.39 Å². The molecule has 1 aliphatic carbocycles. The third-order valence-electron chi connectivity index (χ3n) is 2.89. The van der Waals surface area contributed by atoms with E-state index in [2.05, 4.69) is 10.3 Å². The van der Waals surface area contributed by atoms with E-state index < -0.39 is 6.17 Å². The average Bonchev–Trinajstić information content (AvgIpc) is 2.72. The minimum absolute atomic E-state index is 0.0462. The molecule has 0 saturated heterocycles. The fraction of sp³-hybridized carbons (Fsp3) is 0.700. The smallest absolute Gasteiger partial charge is 0.115 e. The first-order chi connectivity index (χ1) is 6.77. The van der Waals surface area contributed by atoms with Crippen LogP contribution in [0, 0.1) is 0 Å². The molecule has 1 fully saturated rings. The molecule has 1 aromatic heterocycles. The maximum absolute atomic E-state index is 13.2. The SMILES string of the molecule is Cn1cncc1CNC1CCCC1F. The van der Waals surface area contributed by atoms with E-state index in [1.54, 1.807) is 6.33 Å². The predicted molar refractivity (Wildman–Crippen MR) is 52.6 cm³/mol. The topological polar surface area (TPSA) is 29.9 Å². The molecule has 0 aromatic carbocycles. The Morgan fingerprint density at radius 2 is 2.50 bits per heavy atom. The van der Waals surface area contributed by atoms with Gasteiger partial charge in [0, 0.05) is 25.8 Å². The van der Waals surface area contributed by atoms with Gasteiger partial charge in [-0.2, -0.15) is 0 Å². The van der Waals surface area contributed by atoms with Gasteiger partial charge in [0.2, 0.25) is 0 Å². The second-order valence-corrected chi connectivity index (χ2v) is 3.93. The lowest BCUT2D eigenvalue weighted by Gasteiger charge is -2.14. The highest BCUT2D eigenvalue weighted by atomic mass is 19.1. The molecule has 0 bridgehead atoms. The second-order valence-electron chi connectivity index (χ2n) is 3.93. The minimum Gasteiger partial charge on any atom is -0.337 e. The van der Waals surface area contributed by atoms with Gasteiger partial charge < -0.3 is 9.88 Å². The molecule has 0 radical (unpaired) electrons. The van der Waals surface area contributed by atoms with E-state index >= 15 is 0 Å². The quantitative estimate of drug-likeness (QED) is 0.793. The normalized spacial score (nSPS) is 27.0. The Labute approximate surface area is 83.3 Å². The first kappa shape index (κ1) is 9.65. The van der Waals surface area contributed by atoms with Gasteiger partial charge in [0.05, 0.1) is 12.0 Å². The molecule has 0 aliphatic heterocycles. The molecular weight excluding hydrogens is 181 g/mol. The third kappa shape index (κ3) is 1.95. The molecule has 14 heavy (non-hydrogen) atoms. The van der Waals surface area contributed by atoms with Crippen molar-refractivity contribution in [3.63, 3.8) is 0 Å². The molecule has 1 aromatic rings. The number of nitrogens with one attached hydrogen (secondary N) is 1. The van der Waals surface area contributed by atoms with Crippen LogP contribution in [0.1, 0.15) is 25.0 Å². The van der Waals surface area contributed by atoms with Gasteiger partial charge in [0.1, 0.15) is 6.17 Å². The molecule has 2 atom stereocenters. The largest absolute Gasteiger partial charge is 0.337 e. The van der Waals surface area contributed by atoms with Crippen LogP contribution in [-0.4, -0.2) is 21.8 Å². The molecule has 2 rings (SSSR count). The summed E-state index contributed by atoms with van der Waals surface area (Å²) in [5.74, 6) is 0. The standard InChI is InChI=1S/C10H16FN3/c1-14-7-12-5-8(14)6-13-10-4-2-3-9(10)11/h5,7,9-10,13H,2-4,6H2,1H3. The Hall–Kier alpha value is -0.900. The monoisotopic (exact) mass is 197 g/mol. The Balaban J connectivity index is 1.85. The van der Waals surface area contributed by atoms with E-state index in [1.165, 1.54) is 0 Å². The summed E-state index contributed by atoms with van der Waals surface area (Å²) in [6, 6.07) is 0.0462. The van der Waals surface area contributed by atoms with E-state index in [-0.39, 0.29) is 6.04 Å². The van der Waals surface area contributed by atoms with Crippen molar-refractivity contribution in [3.05, 3.63) is 18.2 Å². The van der Waals surface area contributed by atoms with Crippen molar-refractivity contribution in [2.75, 3.05) is 0 Å². The summed E-state index contributed by atoms with van der Waals surface area (Å²) in [5, 5.41) is 3.24. The van der Waals surface area contributed by atoms with Crippen molar-refractivity contribution in [2.45, 2.75) is 38.0 Å². The second kappa shape index (κ2) is 4.09. The lowest BCUT2D eigenvalue weighted by Crippen LogP contribution is -2.33. The van der Waals surface area contributed by atoms with Crippen LogP contribution < -0.4 is 5.32 Å². The lowest BCUT2D eigenvalue weighted by atomic mass is 10.2. The lowest BCUT2D eigenvalue weighted by molar-refractivity contribution is 0.278. The molecule has 0 amide bonds. The third-order valence-corrected chi connectivity index (χ3v) is 2.89. The number of halogens is 1. The Morgan fingerprint density at radius 1 is 1.64 bits per heavy atom. The van der Waals surface area contributed by atoms with Crippen molar-refractivity contribution >= 4 is 0 Å². The van der Waals surface area contributed by atoms with Crippen LogP contribution in [0.2, 0.25) is 0 Å². The summed E-state index contributed by atoms with van der Waals surface area (Å²) >= 11 is 0. The summed E-state index contributed by atoms with van der Waals surface area (Å²) in [4.78, 5) is 4.02. The fourth-order valence-corrected chi connectivity index (χ4v) is 1.94. The van der Waals surface area contributed by atoms with E-state index in [4.69, 9.17) is 0 Å². The summed E-state index contributed by atoms with van der Waals surface area (Å²) in [5.41, 5.74) is 1.10. The molecule has 1 saturated carbocycles. The van der Waals surface area contributed by atoms with E-state index in [0.717, 1.165) is 18.5 Å². The minimum atomic E-state index is -0.664. The molecule has 1 aliphatic rings. The molecule has 3 nitrogen and oxygen atoms in total. The van der Waals surface area contributed by atoms with Gasteiger partial charge in [-0.3, -0.25) is 0 Å². The van der Waals surface area contributed by atoms with Crippen LogP contribution in [0.15, 0.2) is 12.5 Å². The van der Waals surface area contributed by atoms with E-state index in [0.29, 0.717) is 13.0 Å². The number of nitrogens with zero attached hydrogens (tertiary/aromatic N) is 2. The zero-order chi connectivity index (χ0) is 9.97. The average molecular weight is 197 g/mol. The Morgan fingerprint density at radius 3 is 3.07 bits per heavy atom. The number of aromatic nitrogens is 2. The van der Waals surface area contributed by atoms with Crippen molar-refractivity contribution < 1.29 is 4.39 Å². The van der Waals surface area contributed by atoms with Crippen LogP contribution in [-0.2, 0) is 13.6 Å². The highest BCUT2D eigenvalue weighted by molar-refractivity contribution is 4.98. The summed E-state index contributed by atoms with van der Waals surface area (Å²) < 4.78 is 15.2. The van der Waals surface area contributed by atoms with Crippen LogP contribution >= 0.6 is 0 Å². The van der Waals surface area contributed by atoms with Crippen molar-refractivity contribution in [1.82, 2.24) is 14.9 Å². The number of hydrogen-bond acceptors (Lipinski definition) is 2.